The number of hydrogen-bond donors (Lipinski definition) is 3. The second kappa shape index (κ2) is 51.0. The van der Waals surface area contributed by atoms with Gasteiger partial charge >= 0.3 is 5.97 Å². The van der Waals surface area contributed by atoms with E-state index in [1.54, 1.807) is 0 Å². The molecule has 6 nitrogen and oxygen atoms in total. The van der Waals surface area contributed by atoms with Crippen molar-refractivity contribution >= 4 is 11.9 Å². The molecule has 64 heavy (non-hydrogen) atoms. The molecule has 0 fully saturated rings. The molecule has 0 radical (unpaired) electrons. The van der Waals surface area contributed by atoms with Gasteiger partial charge in [-0.15, -0.1) is 0 Å². The van der Waals surface area contributed by atoms with E-state index < -0.39 is 18.2 Å². The van der Waals surface area contributed by atoms with Crippen molar-refractivity contribution < 1.29 is 24.5 Å². The van der Waals surface area contributed by atoms with Crippen molar-refractivity contribution in [3.63, 3.8) is 0 Å². The average molecular weight is 892 g/mol. The second-order valence-corrected chi connectivity index (χ2v) is 17.9. The van der Waals surface area contributed by atoms with Crippen molar-refractivity contribution in [3.8, 4) is 0 Å². The summed E-state index contributed by atoms with van der Waals surface area (Å²) in [6, 6.07) is -0.743. The first-order valence-electron chi connectivity index (χ1n) is 26.8. The topological polar surface area (TPSA) is 95.9 Å². The molecule has 0 aromatic heterocycles. The molecule has 0 saturated heterocycles. The molecule has 1 amide bonds. The van der Waals surface area contributed by atoms with Crippen LogP contribution in [-0.4, -0.2) is 46.9 Å². The quantitative estimate of drug-likeness (QED) is 0.0321. The predicted octanol–water partition coefficient (Wildman–Crippen LogP) is 16.3. The van der Waals surface area contributed by atoms with Crippen molar-refractivity contribution in [1.82, 2.24) is 5.32 Å². The van der Waals surface area contributed by atoms with Crippen molar-refractivity contribution in [1.29, 1.82) is 0 Å². The Hall–Kier alpha value is -2.96. The maximum absolute atomic E-state index is 13.2. The first kappa shape index (κ1) is 61.0. The number of aliphatic hydroxyl groups is 2. The first-order valence-corrected chi connectivity index (χ1v) is 26.8. The Morgan fingerprint density at radius 1 is 0.484 bits per heavy atom. The molecule has 0 heterocycles. The number of hydrogen-bond acceptors (Lipinski definition) is 5. The van der Waals surface area contributed by atoms with Crippen LogP contribution in [-0.2, 0) is 14.3 Å². The van der Waals surface area contributed by atoms with Crippen LogP contribution < -0.4 is 5.32 Å². The minimum atomic E-state index is -0.821. The molecule has 0 saturated carbocycles. The fourth-order valence-electron chi connectivity index (χ4n) is 7.66. The fraction of sp³-hybridized carbons (Fsp3) is 0.724. The van der Waals surface area contributed by atoms with Crippen LogP contribution in [0.1, 0.15) is 245 Å². The lowest BCUT2D eigenvalue weighted by molar-refractivity contribution is -0.148. The number of amides is 1. The van der Waals surface area contributed by atoms with Gasteiger partial charge in [0.25, 0.3) is 0 Å². The number of carbonyl (C=O) groups excluding carboxylic acids is 2. The summed E-state index contributed by atoms with van der Waals surface area (Å²) in [7, 11) is 0. The zero-order valence-corrected chi connectivity index (χ0v) is 41.9. The Bertz CT molecular complexity index is 1230. The Labute approximate surface area is 395 Å². The van der Waals surface area contributed by atoms with E-state index in [0.29, 0.717) is 19.3 Å². The molecule has 0 bridgehead atoms. The highest BCUT2D eigenvalue weighted by Crippen LogP contribution is 2.16. The predicted molar refractivity (Wildman–Crippen MR) is 278 cm³/mol. The van der Waals surface area contributed by atoms with E-state index in [-0.39, 0.29) is 24.9 Å². The monoisotopic (exact) mass is 892 g/mol. The molecule has 0 aliphatic carbocycles. The number of ether oxygens (including phenoxy) is 1. The summed E-state index contributed by atoms with van der Waals surface area (Å²) in [6.45, 7) is 6.32. The minimum absolute atomic E-state index is 0.0457. The van der Waals surface area contributed by atoms with Gasteiger partial charge in [0, 0.05) is 6.42 Å². The van der Waals surface area contributed by atoms with Crippen LogP contribution in [0, 0.1) is 0 Å². The summed E-state index contributed by atoms with van der Waals surface area (Å²) in [5.74, 6) is -0.643. The summed E-state index contributed by atoms with van der Waals surface area (Å²) < 4.78 is 5.82. The van der Waals surface area contributed by atoms with Gasteiger partial charge < -0.3 is 20.3 Å². The molecular weight excluding hydrogens is 791 g/mol. The molecule has 3 unspecified atom stereocenters. The highest BCUT2D eigenvalue weighted by molar-refractivity contribution is 5.78. The Morgan fingerprint density at radius 2 is 0.875 bits per heavy atom. The SMILES string of the molecule is CC/C=C\C/C=C\C/C=C\C/C=C\C/C=C\CCCCCC(=O)OC(/C=C/C/C=C\CCCCCCCC)CC(=O)NC(CO)C(O)CCCCCCCCCCCCCCCCC. The zero-order chi connectivity index (χ0) is 46.7. The number of allylic oxidation sites excluding steroid dienone is 13. The van der Waals surface area contributed by atoms with Gasteiger partial charge in [-0.05, 0) is 83.1 Å². The summed E-state index contributed by atoms with van der Waals surface area (Å²) in [6.07, 6.45) is 66.8. The molecule has 0 aliphatic heterocycles. The zero-order valence-electron chi connectivity index (χ0n) is 41.9. The molecule has 0 aliphatic rings. The van der Waals surface area contributed by atoms with Gasteiger partial charge in [0.15, 0.2) is 0 Å². The number of esters is 1. The summed E-state index contributed by atoms with van der Waals surface area (Å²) >= 11 is 0. The highest BCUT2D eigenvalue weighted by Gasteiger charge is 2.23. The van der Waals surface area contributed by atoms with E-state index in [2.05, 4.69) is 99.0 Å². The number of unbranched alkanes of at least 4 members (excludes halogenated alkanes) is 23. The third kappa shape index (κ3) is 45.6. The lowest BCUT2D eigenvalue weighted by Gasteiger charge is -2.23. The van der Waals surface area contributed by atoms with E-state index in [4.69, 9.17) is 4.74 Å². The van der Waals surface area contributed by atoms with Gasteiger partial charge in [0.2, 0.25) is 5.91 Å². The maximum atomic E-state index is 13.2. The molecule has 0 aromatic carbocycles. The average Bonchev–Trinajstić information content (AvgIpc) is 3.29. The van der Waals surface area contributed by atoms with Crippen molar-refractivity contribution in [2.24, 2.45) is 0 Å². The summed E-state index contributed by atoms with van der Waals surface area (Å²) in [5.41, 5.74) is 0. The van der Waals surface area contributed by atoms with Gasteiger partial charge in [-0.1, -0.05) is 235 Å². The number of carbonyl (C=O) groups is 2. The third-order valence-electron chi connectivity index (χ3n) is 11.7. The number of rotatable bonds is 47. The van der Waals surface area contributed by atoms with E-state index in [9.17, 15) is 19.8 Å². The molecule has 3 atom stereocenters. The summed E-state index contributed by atoms with van der Waals surface area (Å²) in [4.78, 5) is 26.1. The number of nitrogens with one attached hydrogen (secondary N) is 1. The number of aliphatic hydroxyl groups excluding tert-OH is 2. The molecule has 0 rings (SSSR count). The molecule has 368 valence electrons. The maximum Gasteiger partial charge on any atom is 0.306 e. The smallest absolute Gasteiger partial charge is 0.306 e. The van der Waals surface area contributed by atoms with Crippen molar-refractivity contribution in [2.75, 3.05) is 6.61 Å². The van der Waals surface area contributed by atoms with Crippen LogP contribution in [0.5, 0.6) is 0 Å². The first-order chi connectivity index (χ1) is 31.5. The van der Waals surface area contributed by atoms with Gasteiger partial charge in [-0.25, -0.2) is 0 Å². The fourth-order valence-corrected chi connectivity index (χ4v) is 7.66. The van der Waals surface area contributed by atoms with E-state index in [1.165, 1.54) is 116 Å². The van der Waals surface area contributed by atoms with Crippen LogP contribution in [0.25, 0.3) is 0 Å². The molecule has 0 spiro atoms. The molecule has 3 N–H and O–H groups in total. The largest absolute Gasteiger partial charge is 0.458 e. The van der Waals surface area contributed by atoms with Crippen LogP contribution in [0.15, 0.2) is 85.1 Å². The molecule has 0 aromatic rings. The van der Waals surface area contributed by atoms with Gasteiger partial charge in [-0.3, -0.25) is 9.59 Å². The minimum Gasteiger partial charge on any atom is -0.458 e. The standard InChI is InChI=1S/C58H101NO5/c1-4-7-10-13-16-19-22-24-26-27-28-29-31-33-36-39-42-45-48-51-58(63)64-54(49-46-43-40-37-34-21-18-15-12-9-6-3)52-57(62)59-55(53-60)56(61)50-47-44-41-38-35-32-30-25-23-20-17-14-11-8-5-2/h7,10,16,19,24,26,28-29,33,36-37,40,46,49,54-56,60-61H,4-6,8-9,11-15,17-18,20-23,25,27,30-32,34-35,38-39,41-45,47-48,50-53H2,1-3H3,(H,59,62)/b10-7-,19-16-,26-24-,29-28-,36-33-,40-37-,49-46+. The van der Waals surface area contributed by atoms with Crippen molar-refractivity contribution in [2.45, 2.75) is 264 Å². The van der Waals surface area contributed by atoms with E-state index in [1.807, 2.05) is 12.2 Å². The van der Waals surface area contributed by atoms with E-state index in [0.717, 1.165) is 83.5 Å². The normalized spacial score (nSPS) is 13.9. The highest BCUT2D eigenvalue weighted by atomic mass is 16.5. The van der Waals surface area contributed by atoms with Crippen molar-refractivity contribution in [3.05, 3.63) is 85.1 Å². The van der Waals surface area contributed by atoms with Gasteiger partial charge in [0.05, 0.1) is 25.2 Å². The lowest BCUT2D eigenvalue weighted by atomic mass is 10.0. The molecule has 6 heteroatoms. The van der Waals surface area contributed by atoms with Gasteiger partial charge in [0.1, 0.15) is 6.10 Å². The summed E-state index contributed by atoms with van der Waals surface area (Å²) in [5, 5.41) is 23.7. The van der Waals surface area contributed by atoms with Crippen LogP contribution >= 0.6 is 0 Å². The Morgan fingerprint density at radius 3 is 1.33 bits per heavy atom. The van der Waals surface area contributed by atoms with E-state index >= 15 is 0 Å². The lowest BCUT2D eigenvalue weighted by Crippen LogP contribution is -2.46. The van der Waals surface area contributed by atoms with Crippen LogP contribution in [0.4, 0.5) is 0 Å². The van der Waals surface area contributed by atoms with Crippen LogP contribution in [0.3, 0.4) is 0 Å². The molecular formula is C58H101NO5. The Balaban J connectivity index is 4.63. The Kier molecular flexibility index (Phi) is 48.7. The van der Waals surface area contributed by atoms with Crippen LogP contribution in [0.2, 0.25) is 0 Å². The second-order valence-electron chi connectivity index (χ2n) is 17.9. The van der Waals surface area contributed by atoms with Gasteiger partial charge in [-0.2, -0.15) is 0 Å². The third-order valence-corrected chi connectivity index (χ3v) is 11.7.